The van der Waals surface area contributed by atoms with Crippen LogP contribution in [-0.2, 0) is 0 Å². The van der Waals surface area contributed by atoms with E-state index in [0.29, 0.717) is 5.15 Å². The van der Waals surface area contributed by atoms with E-state index in [4.69, 9.17) is 11.6 Å². The zero-order valence-electron chi connectivity index (χ0n) is 11.5. The zero-order valence-corrected chi connectivity index (χ0v) is 13.0. The largest absolute Gasteiger partial charge is 0.371 e. The number of hydrogen-bond acceptors (Lipinski definition) is 4. The van der Waals surface area contributed by atoms with Gasteiger partial charge in [0.1, 0.15) is 5.15 Å². The molecule has 3 heterocycles. The summed E-state index contributed by atoms with van der Waals surface area (Å²) < 4.78 is 0. The van der Waals surface area contributed by atoms with Crippen molar-refractivity contribution < 1.29 is 4.79 Å². The molecule has 1 amide bonds. The van der Waals surface area contributed by atoms with Gasteiger partial charge >= 0.3 is 0 Å². The lowest BCUT2D eigenvalue weighted by molar-refractivity contribution is 0.0931. The highest BCUT2D eigenvalue weighted by molar-refractivity contribution is 7.08. The van der Waals surface area contributed by atoms with Gasteiger partial charge in [0.05, 0.1) is 0 Å². The quantitative estimate of drug-likeness (QED) is 0.883. The highest BCUT2D eigenvalue weighted by Gasteiger charge is 2.21. The number of halogens is 1. The number of amides is 1. The molecular weight excluding hydrogens is 306 g/mol. The Morgan fingerprint density at radius 1 is 1.38 bits per heavy atom. The summed E-state index contributed by atoms with van der Waals surface area (Å²) in [6, 6.07) is 5.95. The van der Waals surface area contributed by atoms with E-state index in [1.54, 1.807) is 17.5 Å². The van der Waals surface area contributed by atoms with E-state index in [1.807, 2.05) is 29.0 Å². The van der Waals surface area contributed by atoms with Crippen LogP contribution in [0.4, 0.5) is 5.69 Å². The van der Waals surface area contributed by atoms with Crippen LogP contribution < -0.4 is 10.2 Å². The molecule has 2 aromatic heterocycles. The van der Waals surface area contributed by atoms with Gasteiger partial charge in [0, 0.05) is 42.0 Å². The van der Waals surface area contributed by atoms with Gasteiger partial charge in [0.25, 0.3) is 5.91 Å². The summed E-state index contributed by atoms with van der Waals surface area (Å²) in [7, 11) is 0. The Morgan fingerprint density at radius 3 is 2.86 bits per heavy atom. The van der Waals surface area contributed by atoms with E-state index >= 15 is 0 Å². The Hall–Kier alpha value is -1.59. The molecule has 0 spiro atoms. The number of pyridine rings is 1. The van der Waals surface area contributed by atoms with Gasteiger partial charge in [-0.05, 0) is 36.4 Å². The molecule has 1 saturated heterocycles. The van der Waals surface area contributed by atoms with Crippen molar-refractivity contribution in [2.24, 2.45) is 0 Å². The minimum atomic E-state index is 0.0293. The molecule has 3 rings (SSSR count). The summed E-state index contributed by atoms with van der Waals surface area (Å²) >= 11 is 7.47. The van der Waals surface area contributed by atoms with Gasteiger partial charge in [0.2, 0.25) is 0 Å². The van der Waals surface area contributed by atoms with Gasteiger partial charge in [-0.2, -0.15) is 11.3 Å². The molecule has 0 bridgehead atoms. The molecule has 1 aliphatic heterocycles. The Balaban J connectivity index is 1.54. The first-order chi connectivity index (χ1) is 10.2. The lowest BCUT2D eigenvalue weighted by Crippen LogP contribution is -2.44. The smallest absolute Gasteiger partial charge is 0.252 e. The molecule has 1 aliphatic rings. The Bertz CT molecular complexity index is 609. The maximum atomic E-state index is 12.0. The van der Waals surface area contributed by atoms with E-state index in [0.717, 1.165) is 37.2 Å². The van der Waals surface area contributed by atoms with Gasteiger partial charge in [-0.25, -0.2) is 4.98 Å². The van der Waals surface area contributed by atoms with Crippen LogP contribution in [0.25, 0.3) is 0 Å². The number of nitrogens with one attached hydrogen (secondary N) is 1. The number of anilines is 1. The summed E-state index contributed by atoms with van der Waals surface area (Å²) in [4.78, 5) is 18.3. The second-order valence-electron chi connectivity index (χ2n) is 5.08. The number of rotatable bonds is 3. The Kier molecular flexibility index (Phi) is 4.41. The van der Waals surface area contributed by atoms with E-state index in [9.17, 15) is 4.79 Å². The third kappa shape index (κ3) is 3.54. The van der Waals surface area contributed by atoms with Gasteiger partial charge in [-0.3, -0.25) is 4.79 Å². The third-order valence-electron chi connectivity index (χ3n) is 3.69. The minimum Gasteiger partial charge on any atom is -0.371 e. The fourth-order valence-corrected chi connectivity index (χ4v) is 3.34. The fraction of sp³-hybridized carbons (Fsp3) is 0.333. The fourth-order valence-electron chi connectivity index (χ4n) is 2.53. The van der Waals surface area contributed by atoms with Crippen molar-refractivity contribution in [1.29, 1.82) is 0 Å². The van der Waals surface area contributed by atoms with Crippen molar-refractivity contribution in [2.75, 3.05) is 18.0 Å². The number of piperidine rings is 1. The van der Waals surface area contributed by atoms with E-state index in [-0.39, 0.29) is 11.9 Å². The SMILES string of the molecule is O=C(NC1CCN(c2ccnc(Cl)c2)CC1)c1ccsc1. The van der Waals surface area contributed by atoms with E-state index in [2.05, 4.69) is 15.2 Å². The first-order valence-corrected chi connectivity index (χ1v) is 8.24. The molecule has 0 atom stereocenters. The predicted octanol–water partition coefficient (Wildman–Crippen LogP) is 3.20. The number of thiophene rings is 1. The van der Waals surface area contributed by atoms with Gasteiger partial charge in [0.15, 0.2) is 0 Å². The summed E-state index contributed by atoms with van der Waals surface area (Å²) in [5, 5.41) is 7.42. The van der Waals surface area contributed by atoms with Crippen LogP contribution >= 0.6 is 22.9 Å². The molecule has 0 unspecified atom stereocenters. The minimum absolute atomic E-state index is 0.0293. The lowest BCUT2D eigenvalue weighted by Gasteiger charge is -2.33. The maximum Gasteiger partial charge on any atom is 0.252 e. The van der Waals surface area contributed by atoms with Crippen molar-refractivity contribution >= 4 is 34.5 Å². The van der Waals surface area contributed by atoms with Crippen molar-refractivity contribution in [3.63, 3.8) is 0 Å². The third-order valence-corrected chi connectivity index (χ3v) is 4.58. The molecule has 0 aliphatic carbocycles. The standard InChI is InChI=1S/C15H16ClN3OS/c16-14-9-13(1-5-17-14)19-6-2-12(3-7-19)18-15(20)11-4-8-21-10-11/h1,4-5,8-10,12H,2-3,6-7H2,(H,18,20). The van der Waals surface area contributed by atoms with Gasteiger partial charge in [-0.15, -0.1) is 0 Å². The maximum absolute atomic E-state index is 12.0. The first-order valence-electron chi connectivity index (χ1n) is 6.92. The average molecular weight is 322 g/mol. The number of hydrogen-bond donors (Lipinski definition) is 1. The van der Waals surface area contributed by atoms with Crippen LogP contribution in [0.2, 0.25) is 5.15 Å². The monoisotopic (exact) mass is 321 g/mol. The molecule has 4 nitrogen and oxygen atoms in total. The molecule has 1 N–H and O–H groups in total. The topological polar surface area (TPSA) is 45.2 Å². The van der Waals surface area contributed by atoms with Crippen LogP contribution in [0, 0.1) is 0 Å². The molecule has 0 radical (unpaired) electrons. The van der Waals surface area contributed by atoms with Crippen LogP contribution in [0.5, 0.6) is 0 Å². The van der Waals surface area contributed by atoms with Gasteiger partial charge < -0.3 is 10.2 Å². The number of carbonyl (C=O) groups excluding carboxylic acids is 1. The summed E-state index contributed by atoms with van der Waals surface area (Å²) in [6.45, 7) is 1.82. The van der Waals surface area contributed by atoms with Crippen molar-refractivity contribution in [3.8, 4) is 0 Å². The summed E-state index contributed by atoms with van der Waals surface area (Å²) in [5.41, 5.74) is 1.85. The van der Waals surface area contributed by atoms with Crippen molar-refractivity contribution in [1.82, 2.24) is 10.3 Å². The molecule has 0 aromatic carbocycles. The van der Waals surface area contributed by atoms with Crippen LogP contribution in [0.1, 0.15) is 23.2 Å². The van der Waals surface area contributed by atoms with E-state index < -0.39 is 0 Å². The molecule has 110 valence electrons. The second-order valence-corrected chi connectivity index (χ2v) is 6.25. The predicted molar refractivity (Wildman–Crippen MR) is 86.3 cm³/mol. The highest BCUT2D eigenvalue weighted by Crippen LogP contribution is 2.22. The average Bonchev–Trinajstić information content (AvgIpc) is 3.02. The summed E-state index contributed by atoms with van der Waals surface area (Å²) in [5.74, 6) is 0.0293. The molecular formula is C15H16ClN3OS. The first kappa shape index (κ1) is 14.4. The highest BCUT2D eigenvalue weighted by atomic mass is 35.5. The van der Waals surface area contributed by atoms with Crippen LogP contribution in [0.15, 0.2) is 35.2 Å². The lowest BCUT2D eigenvalue weighted by atomic mass is 10.0. The number of aromatic nitrogens is 1. The zero-order chi connectivity index (χ0) is 14.7. The van der Waals surface area contributed by atoms with Crippen LogP contribution in [-0.4, -0.2) is 30.0 Å². The second kappa shape index (κ2) is 6.45. The molecule has 6 heteroatoms. The molecule has 0 saturated carbocycles. The van der Waals surface area contributed by atoms with Crippen LogP contribution in [0.3, 0.4) is 0 Å². The molecule has 2 aromatic rings. The number of nitrogens with zero attached hydrogens (tertiary/aromatic N) is 2. The van der Waals surface area contributed by atoms with Gasteiger partial charge in [-0.1, -0.05) is 11.6 Å². The normalized spacial score (nSPS) is 16.0. The van der Waals surface area contributed by atoms with Crippen molar-refractivity contribution in [2.45, 2.75) is 18.9 Å². The van der Waals surface area contributed by atoms with E-state index in [1.165, 1.54) is 0 Å². The number of carbonyl (C=O) groups is 1. The molecule has 21 heavy (non-hydrogen) atoms. The molecule has 1 fully saturated rings. The Labute approximate surface area is 132 Å². The van der Waals surface area contributed by atoms with Crippen molar-refractivity contribution in [3.05, 3.63) is 45.9 Å². The Morgan fingerprint density at radius 2 is 2.19 bits per heavy atom. The summed E-state index contributed by atoms with van der Waals surface area (Å²) in [6.07, 6.45) is 3.60.